The number of aromatic nitrogens is 4. The van der Waals surface area contributed by atoms with Gasteiger partial charge in [0.05, 0.1) is 16.6 Å². The van der Waals surface area contributed by atoms with Crippen molar-refractivity contribution < 1.29 is 0 Å². The SMILES string of the molecule is CC(C)(C)c1ccc2[nH]ccc2c1.CC(C)(C)c1ccc2ccccc2n1.CC(C)(C)c1cccc2cccnc12.Cc1ccc2cccc(C(C)(C)C)c2n1. The molecule has 0 unspecified atom stereocenters. The van der Waals surface area contributed by atoms with Crippen molar-refractivity contribution in [1.82, 2.24) is 19.9 Å². The number of benzene rings is 4. The molecule has 0 aliphatic carbocycles. The van der Waals surface area contributed by atoms with E-state index >= 15 is 0 Å². The first kappa shape index (κ1) is 41.8. The fourth-order valence-electron chi connectivity index (χ4n) is 6.56. The molecule has 0 bridgehead atoms. The van der Waals surface area contributed by atoms with Crippen molar-refractivity contribution in [2.45, 2.75) is 112 Å². The number of aryl methyl sites for hydroxylation is 1. The summed E-state index contributed by atoms with van der Waals surface area (Å²) in [7, 11) is 0. The van der Waals surface area contributed by atoms with Crippen molar-refractivity contribution in [3.05, 3.63) is 162 Å². The van der Waals surface area contributed by atoms with Crippen molar-refractivity contribution in [2.24, 2.45) is 0 Å². The van der Waals surface area contributed by atoms with E-state index in [9.17, 15) is 0 Å². The van der Waals surface area contributed by atoms with Gasteiger partial charge >= 0.3 is 0 Å². The molecule has 8 rings (SSSR count). The lowest BCUT2D eigenvalue weighted by atomic mass is 9.85. The zero-order valence-corrected chi connectivity index (χ0v) is 36.0. The zero-order chi connectivity index (χ0) is 40.9. The Balaban J connectivity index is 0.000000143. The molecule has 4 heteroatoms. The molecule has 0 radical (unpaired) electrons. The van der Waals surface area contributed by atoms with E-state index < -0.39 is 0 Å². The third-order valence-electron chi connectivity index (χ3n) is 9.89. The topological polar surface area (TPSA) is 54.5 Å². The normalized spacial score (nSPS) is 12.0. The fourth-order valence-corrected chi connectivity index (χ4v) is 6.56. The predicted molar refractivity (Wildman–Crippen MR) is 243 cm³/mol. The van der Waals surface area contributed by atoms with E-state index in [1.165, 1.54) is 43.8 Å². The first-order valence-electron chi connectivity index (χ1n) is 19.9. The van der Waals surface area contributed by atoms with Crippen LogP contribution in [-0.4, -0.2) is 19.9 Å². The molecule has 0 amide bonds. The number of aromatic amines is 1. The molecule has 0 saturated heterocycles. The van der Waals surface area contributed by atoms with Crippen LogP contribution in [0.4, 0.5) is 0 Å². The molecule has 0 saturated carbocycles. The number of fused-ring (bicyclic) bond motifs is 4. The van der Waals surface area contributed by atoms with Gasteiger partial charge in [0.2, 0.25) is 0 Å². The number of H-pyrrole nitrogens is 1. The van der Waals surface area contributed by atoms with E-state index in [0.717, 1.165) is 27.9 Å². The number of rotatable bonds is 0. The van der Waals surface area contributed by atoms with Gasteiger partial charge < -0.3 is 4.98 Å². The monoisotopic (exact) mass is 742 g/mol. The van der Waals surface area contributed by atoms with Gasteiger partial charge in [-0.3, -0.25) is 15.0 Å². The molecule has 0 spiro atoms. The van der Waals surface area contributed by atoms with Gasteiger partial charge in [-0.1, -0.05) is 162 Å². The molecular weight excluding hydrogens is 681 g/mol. The maximum absolute atomic E-state index is 4.65. The van der Waals surface area contributed by atoms with Crippen LogP contribution in [0, 0.1) is 6.92 Å². The number of nitrogens with one attached hydrogen (secondary N) is 1. The van der Waals surface area contributed by atoms with Crippen LogP contribution in [0.25, 0.3) is 43.6 Å². The summed E-state index contributed by atoms with van der Waals surface area (Å²) in [5, 5.41) is 4.96. The summed E-state index contributed by atoms with van der Waals surface area (Å²) in [6.07, 6.45) is 3.84. The second kappa shape index (κ2) is 16.8. The van der Waals surface area contributed by atoms with Crippen molar-refractivity contribution in [1.29, 1.82) is 0 Å². The van der Waals surface area contributed by atoms with Gasteiger partial charge in [-0.05, 0) is 87.7 Å². The number of para-hydroxylation sites is 3. The van der Waals surface area contributed by atoms with E-state index in [4.69, 9.17) is 0 Å². The van der Waals surface area contributed by atoms with Crippen molar-refractivity contribution in [2.75, 3.05) is 0 Å². The highest BCUT2D eigenvalue weighted by molar-refractivity contribution is 5.84. The van der Waals surface area contributed by atoms with Crippen LogP contribution in [0.15, 0.2) is 134 Å². The second-order valence-corrected chi connectivity index (χ2v) is 18.9. The Morgan fingerprint density at radius 3 is 1.68 bits per heavy atom. The van der Waals surface area contributed by atoms with Crippen molar-refractivity contribution in [3.63, 3.8) is 0 Å². The summed E-state index contributed by atoms with van der Waals surface area (Å²) in [4.78, 5) is 16.9. The summed E-state index contributed by atoms with van der Waals surface area (Å²) in [6.45, 7) is 28.6. The third-order valence-corrected chi connectivity index (χ3v) is 9.89. The molecule has 4 nitrogen and oxygen atoms in total. The van der Waals surface area contributed by atoms with Crippen LogP contribution < -0.4 is 0 Å². The lowest BCUT2D eigenvalue weighted by Crippen LogP contribution is -2.13. The van der Waals surface area contributed by atoms with Crippen LogP contribution in [0.3, 0.4) is 0 Å². The molecular formula is C52H62N4. The summed E-state index contributed by atoms with van der Waals surface area (Å²) < 4.78 is 0. The number of hydrogen-bond donors (Lipinski definition) is 1. The molecule has 4 aromatic carbocycles. The van der Waals surface area contributed by atoms with E-state index in [1.54, 1.807) is 0 Å². The Kier molecular flexibility index (Phi) is 12.5. The first-order valence-corrected chi connectivity index (χ1v) is 19.9. The van der Waals surface area contributed by atoms with E-state index in [-0.39, 0.29) is 21.7 Å². The molecule has 290 valence electrons. The van der Waals surface area contributed by atoms with Crippen molar-refractivity contribution in [3.8, 4) is 0 Å². The molecule has 8 aromatic rings. The second-order valence-electron chi connectivity index (χ2n) is 18.9. The van der Waals surface area contributed by atoms with E-state index in [1.807, 2.05) is 37.5 Å². The smallest absolute Gasteiger partial charge is 0.0742 e. The average molecular weight is 743 g/mol. The fraction of sp³-hybridized carbons (Fsp3) is 0.327. The Labute approximate surface area is 335 Å². The Morgan fingerprint density at radius 1 is 0.446 bits per heavy atom. The summed E-state index contributed by atoms with van der Waals surface area (Å²) >= 11 is 0. The van der Waals surface area contributed by atoms with Crippen molar-refractivity contribution >= 4 is 43.6 Å². The Hall–Kier alpha value is -5.35. The van der Waals surface area contributed by atoms with Gasteiger partial charge in [0.1, 0.15) is 0 Å². The lowest BCUT2D eigenvalue weighted by molar-refractivity contribution is 0.571. The van der Waals surface area contributed by atoms with Gasteiger partial charge in [-0.25, -0.2) is 0 Å². The number of pyridine rings is 3. The summed E-state index contributed by atoms with van der Waals surface area (Å²) in [5.41, 5.74) is 11.5. The minimum absolute atomic E-state index is 0.129. The molecule has 56 heavy (non-hydrogen) atoms. The van der Waals surface area contributed by atoms with Crippen LogP contribution in [0.5, 0.6) is 0 Å². The minimum Gasteiger partial charge on any atom is -0.361 e. The Morgan fingerprint density at radius 2 is 1.04 bits per heavy atom. The molecule has 4 heterocycles. The van der Waals surface area contributed by atoms with E-state index in [2.05, 4.69) is 206 Å². The Bertz CT molecular complexity index is 2520. The zero-order valence-electron chi connectivity index (χ0n) is 36.0. The largest absolute Gasteiger partial charge is 0.361 e. The van der Waals surface area contributed by atoms with Gasteiger partial charge in [0, 0.05) is 50.9 Å². The van der Waals surface area contributed by atoms with Crippen LogP contribution >= 0.6 is 0 Å². The molecule has 0 aliphatic heterocycles. The van der Waals surface area contributed by atoms with Gasteiger partial charge in [0.25, 0.3) is 0 Å². The highest BCUT2D eigenvalue weighted by Gasteiger charge is 2.19. The molecule has 0 atom stereocenters. The maximum Gasteiger partial charge on any atom is 0.0742 e. The standard InChI is InChI=1S/C14H17N.2C13H15N.C12H15N/c1-10-8-9-11-6-5-7-12(13(11)15-10)14(2,3)4;1-13(2,3)11-8-4-6-10-7-5-9-14-12(10)11;1-13(2,3)12-9-8-10-6-4-5-7-11(10)14-12;1-12(2,3)10-4-5-11-9(8-10)6-7-13-11/h5-9H,1-4H3;2*4-9H,1-3H3;4-8,13H,1-3H3. The quantitative estimate of drug-likeness (QED) is 0.168. The third kappa shape index (κ3) is 10.7. The first-order chi connectivity index (χ1) is 26.2. The summed E-state index contributed by atoms with van der Waals surface area (Å²) in [6, 6.07) is 42.3. The van der Waals surface area contributed by atoms with Crippen LogP contribution in [-0.2, 0) is 21.7 Å². The van der Waals surface area contributed by atoms with Crippen LogP contribution in [0.2, 0.25) is 0 Å². The molecule has 1 N–H and O–H groups in total. The van der Waals surface area contributed by atoms with Gasteiger partial charge in [-0.2, -0.15) is 0 Å². The minimum atomic E-state index is 0.129. The summed E-state index contributed by atoms with van der Waals surface area (Å²) in [5.74, 6) is 0. The number of hydrogen-bond acceptors (Lipinski definition) is 3. The van der Waals surface area contributed by atoms with Gasteiger partial charge in [-0.15, -0.1) is 0 Å². The average Bonchev–Trinajstić information content (AvgIpc) is 3.62. The lowest BCUT2D eigenvalue weighted by Gasteiger charge is -2.20. The molecule has 0 aliphatic rings. The van der Waals surface area contributed by atoms with E-state index in [0.29, 0.717) is 0 Å². The van der Waals surface area contributed by atoms with Crippen LogP contribution in [0.1, 0.15) is 111 Å². The highest BCUT2D eigenvalue weighted by Crippen LogP contribution is 2.30. The molecule has 0 fully saturated rings. The molecule has 4 aromatic heterocycles. The van der Waals surface area contributed by atoms with Gasteiger partial charge in [0.15, 0.2) is 0 Å². The maximum atomic E-state index is 4.65. The highest BCUT2D eigenvalue weighted by atomic mass is 14.7. The predicted octanol–water partition coefficient (Wildman–Crippen LogP) is 14.4. The number of nitrogens with zero attached hydrogens (tertiary/aromatic N) is 3.